The molecule has 0 aliphatic rings. The first-order valence-electron chi connectivity index (χ1n) is 9.15. The van der Waals surface area contributed by atoms with E-state index in [4.69, 9.17) is 14.2 Å². The van der Waals surface area contributed by atoms with E-state index in [0.717, 1.165) is 11.3 Å². The number of anilines is 1. The van der Waals surface area contributed by atoms with Gasteiger partial charge in [-0.05, 0) is 54.4 Å². The molecule has 0 aliphatic heterocycles. The van der Waals surface area contributed by atoms with Gasteiger partial charge >= 0.3 is 0 Å². The van der Waals surface area contributed by atoms with Crippen LogP contribution in [0, 0.1) is 0 Å². The van der Waals surface area contributed by atoms with E-state index in [1.165, 1.54) is 0 Å². The van der Waals surface area contributed by atoms with Crippen molar-refractivity contribution in [1.29, 1.82) is 0 Å². The summed E-state index contributed by atoms with van der Waals surface area (Å²) in [5.41, 5.74) is 1.33. The number of ether oxygens (including phenoxy) is 3. The van der Waals surface area contributed by atoms with Crippen molar-refractivity contribution >= 4 is 11.6 Å². The lowest BCUT2D eigenvalue weighted by Crippen LogP contribution is -2.12. The van der Waals surface area contributed by atoms with E-state index in [9.17, 15) is 9.90 Å². The molecule has 0 aliphatic carbocycles. The normalized spacial score (nSPS) is 10.3. The van der Waals surface area contributed by atoms with Crippen molar-refractivity contribution in [1.82, 2.24) is 0 Å². The van der Waals surface area contributed by atoms with Crippen LogP contribution in [-0.2, 0) is 11.2 Å². The zero-order valence-electron chi connectivity index (χ0n) is 16.3. The quantitative estimate of drug-likeness (QED) is 0.576. The number of amides is 1. The van der Waals surface area contributed by atoms with Gasteiger partial charge in [-0.2, -0.15) is 0 Å². The summed E-state index contributed by atoms with van der Waals surface area (Å²) in [7, 11) is 3.16. The fourth-order valence-corrected chi connectivity index (χ4v) is 2.80. The van der Waals surface area contributed by atoms with E-state index in [1.54, 1.807) is 74.9 Å². The van der Waals surface area contributed by atoms with Gasteiger partial charge < -0.3 is 24.6 Å². The highest BCUT2D eigenvalue weighted by Crippen LogP contribution is 2.34. The highest BCUT2D eigenvalue weighted by Gasteiger charge is 2.11. The molecule has 6 nitrogen and oxygen atoms in total. The predicted octanol–water partition coefficient (Wildman–Crippen LogP) is 4.77. The Hall–Kier alpha value is -3.67. The van der Waals surface area contributed by atoms with Crippen molar-refractivity contribution in [3.8, 4) is 28.7 Å². The fraction of sp³-hybridized carbons (Fsp3) is 0.174. The third kappa shape index (κ3) is 5.42. The standard InChI is InChI=1S/C23H23NO5/c1-27-18-9-11-19(12-10-18)29-22-15-17(8-13-21(22)28-2)24-23(26)14-7-16-5-3-4-6-20(16)25/h3-6,8-13,15,25H,7,14H2,1-2H3,(H,24,26). The minimum absolute atomic E-state index is 0.159. The van der Waals surface area contributed by atoms with Crippen LogP contribution in [0.2, 0.25) is 0 Å². The van der Waals surface area contributed by atoms with E-state index in [0.29, 0.717) is 29.4 Å². The van der Waals surface area contributed by atoms with Gasteiger partial charge in [-0.25, -0.2) is 0 Å². The van der Waals surface area contributed by atoms with Crippen LogP contribution in [0.25, 0.3) is 0 Å². The second-order valence-electron chi connectivity index (χ2n) is 6.32. The zero-order valence-corrected chi connectivity index (χ0v) is 16.3. The molecule has 150 valence electrons. The minimum Gasteiger partial charge on any atom is -0.508 e. The summed E-state index contributed by atoms with van der Waals surface area (Å²) in [5, 5.41) is 12.7. The average molecular weight is 393 g/mol. The number of para-hydroxylation sites is 1. The smallest absolute Gasteiger partial charge is 0.224 e. The zero-order chi connectivity index (χ0) is 20.6. The lowest BCUT2D eigenvalue weighted by atomic mass is 10.1. The van der Waals surface area contributed by atoms with Gasteiger partial charge in [-0.3, -0.25) is 4.79 Å². The number of nitrogens with one attached hydrogen (secondary N) is 1. The maximum Gasteiger partial charge on any atom is 0.224 e. The number of methoxy groups -OCH3 is 2. The summed E-state index contributed by atoms with van der Waals surface area (Å²) in [6, 6.07) is 19.4. The van der Waals surface area contributed by atoms with Gasteiger partial charge in [0.15, 0.2) is 11.5 Å². The fourth-order valence-electron chi connectivity index (χ4n) is 2.80. The molecule has 3 aromatic rings. The van der Waals surface area contributed by atoms with Crippen LogP contribution in [0.4, 0.5) is 5.69 Å². The number of phenolic OH excluding ortho intramolecular Hbond substituents is 1. The van der Waals surface area contributed by atoms with Crippen molar-refractivity contribution in [3.05, 3.63) is 72.3 Å². The summed E-state index contributed by atoms with van der Waals surface area (Å²) in [6.07, 6.45) is 0.697. The first-order valence-corrected chi connectivity index (χ1v) is 9.15. The SMILES string of the molecule is COc1ccc(Oc2cc(NC(=O)CCc3ccccc3O)ccc2OC)cc1. The number of benzene rings is 3. The molecule has 3 rings (SSSR count). The second-order valence-corrected chi connectivity index (χ2v) is 6.32. The van der Waals surface area contributed by atoms with Crippen molar-refractivity contribution in [2.24, 2.45) is 0 Å². The number of rotatable bonds is 8. The Morgan fingerprint density at radius 2 is 1.62 bits per heavy atom. The molecular formula is C23H23NO5. The van der Waals surface area contributed by atoms with E-state index in [-0.39, 0.29) is 18.1 Å². The van der Waals surface area contributed by atoms with Crippen molar-refractivity contribution in [3.63, 3.8) is 0 Å². The summed E-state index contributed by atoms with van der Waals surface area (Å²) in [4.78, 5) is 12.3. The summed E-state index contributed by atoms with van der Waals surface area (Å²) < 4.78 is 16.4. The minimum atomic E-state index is -0.159. The van der Waals surface area contributed by atoms with Gasteiger partial charge in [0.2, 0.25) is 5.91 Å². The first-order chi connectivity index (χ1) is 14.1. The highest BCUT2D eigenvalue weighted by atomic mass is 16.5. The molecule has 2 N–H and O–H groups in total. The molecule has 0 aromatic heterocycles. The Balaban J connectivity index is 1.67. The van der Waals surface area contributed by atoms with Crippen molar-refractivity contribution in [2.45, 2.75) is 12.8 Å². The van der Waals surface area contributed by atoms with Crippen LogP contribution in [0.15, 0.2) is 66.7 Å². The predicted molar refractivity (Wildman–Crippen MR) is 111 cm³/mol. The molecule has 0 spiro atoms. The van der Waals surface area contributed by atoms with Gasteiger partial charge in [0.25, 0.3) is 0 Å². The van der Waals surface area contributed by atoms with Crippen molar-refractivity contribution < 1.29 is 24.1 Å². The van der Waals surface area contributed by atoms with Gasteiger partial charge in [0.05, 0.1) is 14.2 Å². The largest absolute Gasteiger partial charge is 0.508 e. The number of hydrogen-bond donors (Lipinski definition) is 2. The third-order valence-electron chi connectivity index (χ3n) is 4.35. The molecule has 0 fully saturated rings. The molecular weight excluding hydrogens is 370 g/mol. The molecule has 0 unspecified atom stereocenters. The summed E-state index contributed by atoms with van der Waals surface area (Å²) >= 11 is 0. The van der Waals surface area contributed by atoms with Crippen LogP contribution >= 0.6 is 0 Å². The topological polar surface area (TPSA) is 77.0 Å². The molecule has 6 heteroatoms. The Morgan fingerprint density at radius 1 is 0.897 bits per heavy atom. The number of hydrogen-bond acceptors (Lipinski definition) is 5. The van der Waals surface area contributed by atoms with Gasteiger partial charge in [0.1, 0.15) is 17.2 Å². The van der Waals surface area contributed by atoms with Crippen LogP contribution in [0.1, 0.15) is 12.0 Å². The number of phenols is 1. The van der Waals surface area contributed by atoms with Crippen molar-refractivity contribution in [2.75, 3.05) is 19.5 Å². The summed E-state index contributed by atoms with van der Waals surface area (Å²) in [6.45, 7) is 0. The van der Waals surface area contributed by atoms with Crippen LogP contribution in [0.3, 0.4) is 0 Å². The van der Waals surface area contributed by atoms with Gasteiger partial charge in [-0.1, -0.05) is 18.2 Å². The monoisotopic (exact) mass is 393 g/mol. The molecule has 3 aromatic carbocycles. The molecule has 0 atom stereocenters. The maximum absolute atomic E-state index is 12.3. The number of carbonyl (C=O) groups is 1. The average Bonchev–Trinajstić information content (AvgIpc) is 2.74. The molecule has 0 saturated heterocycles. The third-order valence-corrected chi connectivity index (χ3v) is 4.35. The Morgan fingerprint density at radius 3 is 2.31 bits per heavy atom. The molecule has 0 heterocycles. The van der Waals surface area contributed by atoms with E-state index in [2.05, 4.69) is 5.32 Å². The highest BCUT2D eigenvalue weighted by molar-refractivity contribution is 5.91. The Labute approximate surface area is 169 Å². The van der Waals surface area contributed by atoms with Crippen LogP contribution < -0.4 is 19.5 Å². The molecule has 0 saturated carbocycles. The number of aryl methyl sites for hydroxylation is 1. The molecule has 0 bridgehead atoms. The second kappa shape index (κ2) is 9.50. The van der Waals surface area contributed by atoms with Gasteiger partial charge in [-0.15, -0.1) is 0 Å². The first kappa shape index (κ1) is 20.1. The van der Waals surface area contributed by atoms with Gasteiger partial charge in [0, 0.05) is 18.2 Å². The molecule has 29 heavy (non-hydrogen) atoms. The number of carbonyl (C=O) groups excluding carboxylic acids is 1. The van der Waals surface area contributed by atoms with E-state index < -0.39 is 0 Å². The van der Waals surface area contributed by atoms with E-state index in [1.807, 2.05) is 6.07 Å². The lowest BCUT2D eigenvalue weighted by Gasteiger charge is -2.13. The van der Waals surface area contributed by atoms with E-state index >= 15 is 0 Å². The summed E-state index contributed by atoms with van der Waals surface area (Å²) in [5.74, 6) is 2.42. The molecule has 1 amide bonds. The van der Waals surface area contributed by atoms with Crippen LogP contribution in [-0.4, -0.2) is 25.2 Å². The molecule has 0 radical (unpaired) electrons. The lowest BCUT2D eigenvalue weighted by molar-refractivity contribution is -0.116. The maximum atomic E-state index is 12.3. The number of aromatic hydroxyl groups is 1. The Bertz CT molecular complexity index is 969. The Kier molecular flexibility index (Phi) is 6.58. The van der Waals surface area contributed by atoms with Crippen LogP contribution in [0.5, 0.6) is 28.7 Å².